The second-order valence-electron chi connectivity index (χ2n) is 1.63. The molecule has 0 heterocycles. The maximum Gasteiger partial charge on any atom is 0.348 e. The molecular weight excluding hydrogens is 146 g/mol. The average molecular weight is 155 g/mol. The standard InChI is InChI=1S/C7H9NO3/c1-2-11-7(10)6(5-8)3-4-9/h3,9H,2,4H2,1H3/b6-3-. The highest BCUT2D eigenvalue weighted by atomic mass is 16.5. The number of aliphatic hydroxyl groups excluding tert-OH is 1. The maximum atomic E-state index is 10.7. The van der Waals surface area contributed by atoms with Crippen molar-refractivity contribution in [3.8, 4) is 6.07 Å². The summed E-state index contributed by atoms with van der Waals surface area (Å²) < 4.78 is 4.51. The Kier molecular flexibility index (Phi) is 4.78. The van der Waals surface area contributed by atoms with E-state index in [1.54, 1.807) is 13.0 Å². The van der Waals surface area contributed by atoms with Crippen LogP contribution >= 0.6 is 0 Å². The first kappa shape index (κ1) is 9.66. The summed E-state index contributed by atoms with van der Waals surface area (Å²) in [5.41, 5.74) is -0.158. The molecule has 0 aromatic carbocycles. The lowest BCUT2D eigenvalue weighted by molar-refractivity contribution is -0.138. The summed E-state index contributed by atoms with van der Waals surface area (Å²) in [6.07, 6.45) is 1.11. The van der Waals surface area contributed by atoms with Crippen molar-refractivity contribution in [1.29, 1.82) is 5.26 Å². The number of carbonyl (C=O) groups excluding carboxylic acids is 1. The fourth-order valence-corrected chi connectivity index (χ4v) is 0.475. The first-order valence-corrected chi connectivity index (χ1v) is 3.14. The molecule has 0 spiro atoms. The van der Waals surface area contributed by atoms with Gasteiger partial charge in [0.1, 0.15) is 11.6 Å². The van der Waals surface area contributed by atoms with Gasteiger partial charge in [-0.05, 0) is 13.0 Å². The van der Waals surface area contributed by atoms with Crippen molar-refractivity contribution in [3.05, 3.63) is 11.6 Å². The first-order valence-electron chi connectivity index (χ1n) is 3.14. The quantitative estimate of drug-likeness (QED) is 0.353. The van der Waals surface area contributed by atoms with Crippen molar-refractivity contribution in [3.63, 3.8) is 0 Å². The van der Waals surface area contributed by atoms with Crippen LogP contribution in [-0.2, 0) is 9.53 Å². The second kappa shape index (κ2) is 5.45. The minimum atomic E-state index is -0.691. The fourth-order valence-electron chi connectivity index (χ4n) is 0.475. The third kappa shape index (κ3) is 3.38. The Labute approximate surface area is 64.7 Å². The van der Waals surface area contributed by atoms with Gasteiger partial charge >= 0.3 is 5.97 Å². The van der Waals surface area contributed by atoms with E-state index in [1.807, 2.05) is 0 Å². The Balaban J connectivity index is 4.18. The molecule has 0 aliphatic heterocycles. The number of aliphatic hydroxyl groups is 1. The molecule has 1 N–H and O–H groups in total. The molecule has 0 saturated heterocycles. The second-order valence-corrected chi connectivity index (χ2v) is 1.63. The number of carbonyl (C=O) groups is 1. The minimum absolute atomic E-state index is 0.158. The summed E-state index contributed by atoms with van der Waals surface area (Å²) in [4.78, 5) is 10.7. The van der Waals surface area contributed by atoms with Crippen molar-refractivity contribution in [2.24, 2.45) is 0 Å². The molecule has 0 unspecified atom stereocenters. The highest BCUT2D eigenvalue weighted by molar-refractivity contribution is 5.92. The summed E-state index contributed by atoms with van der Waals surface area (Å²) in [7, 11) is 0. The summed E-state index contributed by atoms with van der Waals surface area (Å²) >= 11 is 0. The van der Waals surface area contributed by atoms with Gasteiger partial charge in [-0.25, -0.2) is 4.79 Å². The lowest BCUT2D eigenvalue weighted by atomic mass is 10.3. The van der Waals surface area contributed by atoms with Gasteiger partial charge in [0.25, 0.3) is 0 Å². The van der Waals surface area contributed by atoms with E-state index >= 15 is 0 Å². The van der Waals surface area contributed by atoms with Crippen LogP contribution in [-0.4, -0.2) is 24.3 Å². The van der Waals surface area contributed by atoms with E-state index in [-0.39, 0.29) is 18.8 Å². The van der Waals surface area contributed by atoms with Crippen LogP contribution in [0.1, 0.15) is 6.92 Å². The average Bonchev–Trinajstić information content (AvgIpc) is 2.00. The fraction of sp³-hybridized carbons (Fsp3) is 0.429. The summed E-state index contributed by atoms with van der Waals surface area (Å²) in [6.45, 7) is 1.54. The SMILES string of the molecule is CCOC(=O)/C(C#N)=C\CO. The van der Waals surface area contributed by atoms with E-state index in [2.05, 4.69) is 4.74 Å². The van der Waals surface area contributed by atoms with Crippen LogP contribution in [0.2, 0.25) is 0 Å². The molecule has 4 nitrogen and oxygen atoms in total. The molecule has 0 rings (SSSR count). The zero-order valence-electron chi connectivity index (χ0n) is 6.20. The third-order valence-corrected chi connectivity index (χ3v) is 0.911. The van der Waals surface area contributed by atoms with Gasteiger partial charge in [0, 0.05) is 0 Å². The van der Waals surface area contributed by atoms with Crippen LogP contribution in [0, 0.1) is 11.3 Å². The Bertz CT molecular complexity index is 202. The van der Waals surface area contributed by atoms with Crippen molar-refractivity contribution in [2.45, 2.75) is 6.92 Å². The Hall–Kier alpha value is -1.34. The van der Waals surface area contributed by atoms with Gasteiger partial charge < -0.3 is 9.84 Å². The molecule has 0 aromatic heterocycles. The number of ether oxygens (including phenoxy) is 1. The van der Waals surface area contributed by atoms with Crippen LogP contribution in [0.15, 0.2) is 11.6 Å². The van der Waals surface area contributed by atoms with E-state index < -0.39 is 5.97 Å². The number of nitriles is 1. The van der Waals surface area contributed by atoms with Gasteiger partial charge in [-0.3, -0.25) is 0 Å². The monoisotopic (exact) mass is 155 g/mol. The lowest BCUT2D eigenvalue weighted by Crippen LogP contribution is -2.06. The van der Waals surface area contributed by atoms with Gasteiger partial charge in [-0.2, -0.15) is 5.26 Å². The Morgan fingerprint density at radius 1 is 1.82 bits per heavy atom. The molecule has 60 valence electrons. The number of hydrogen-bond acceptors (Lipinski definition) is 4. The van der Waals surface area contributed by atoms with Crippen molar-refractivity contribution < 1.29 is 14.6 Å². The highest BCUT2D eigenvalue weighted by Crippen LogP contribution is 1.94. The maximum absolute atomic E-state index is 10.7. The van der Waals surface area contributed by atoms with Crippen LogP contribution in [0.5, 0.6) is 0 Å². The molecular formula is C7H9NO3. The third-order valence-electron chi connectivity index (χ3n) is 0.911. The van der Waals surface area contributed by atoms with Crippen molar-refractivity contribution in [1.82, 2.24) is 0 Å². The van der Waals surface area contributed by atoms with E-state index in [1.165, 1.54) is 0 Å². The van der Waals surface area contributed by atoms with Gasteiger partial charge in [-0.1, -0.05) is 0 Å². The molecule has 0 fully saturated rings. The van der Waals surface area contributed by atoms with E-state index in [9.17, 15) is 4.79 Å². The molecule has 0 amide bonds. The normalized spacial score (nSPS) is 10.5. The zero-order valence-corrected chi connectivity index (χ0v) is 6.20. The number of esters is 1. The smallest absolute Gasteiger partial charge is 0.348 e. The number of nitrogens with zero attached hydrogens (tertiary/aromatic N) is 1. The van der Waals surface area contributed by atoms with Crippen molar-refractivity contribution in [2.75, 3.05) is 13.2 Å². The zero-order chi connectivity index (χ0) is 8.69. The molecule has 0 atom stereocenters. The number of hydrogen-bond donors (Lipinski definition) is 1. The highest BCUT2D eigenvalue weighted by Gasteiger charge is 2.07. The summed E-state index contributed by atoms with van der Waals surface area (Å²) in [6, 6.07) is 1.61. The van der Waals surface area contributed by atoms with Crippen LogP contribution in [0.25, 0.3) is 0 Å². The van der Waals surface area contributed by atoms with Gasteiger partial charge in [-0.15, -0.1) is 0 Å². The largest absolute Gasteiger partial charge is 0.462 e. The van der Waals surface area contributed by atoms with E-state index in [0.717, 1.165) is 6.08 Å². The van der Waals surface area contributed by atoms with E-state index in [0.29, 0.717) is 0 Å². The molecule has 0 aliphatic carbocycles. The predicted molar refractivity (Wildman–Crippen MR) is 37.4 cm³/mol. The molecule has 0 aromatic rings. The lowest BCUT2D eigenvalue weighted by Gasteiger charge is -1.97. The topological polar surface area (TPSA) is 70.3 Å². The van der Waals surface area contributed by atoms with Gasteiger partial charge in [0.05, 0.1) is 13.2 Å². The summed E-state index contributed by atoms with van der Waals surface area (Å²) in [5.74, 6) is -0.691. The molecule has 0 aliphatic rings. The number of rotatable bonds is 3. The molecule has 0 bridgehead atoms. The Morgan fingerprint density at radius 2 is 2.45 bits per heavy atom. The van der Waals surface area contributed by atoms with Gasteiger partial charge in [0.2, 0.25) is 0 Å². The van der Waals surface area contributed by atoms with E-state index in [4.69, 9.17) is 10.4 Å². The predicted octanol–water partition coefficient (Wildman–Crippen LogP) is -0.00822. The van der Waals surface area contributed by atoms with Crippen LogP contribution in [0.4, 0.5) is 0 Å². The van der Waals surface area contributed by atoms with Crippen LogP contribution < -0.4 is 0 Å². The molecule has 0 saturated carbocycles. The minimum Gasteiger partial charge on any atom is -0.462 e. The van der Waals surface area contributed by atoms with Crippen molar-refractivity contribution >= 4 is 5.97 Å². The molecule has 11 heavy (non-hydrogen) atoms. The van der Waals surface area contributed by atoms with Gasteiger partial charge in [0.15, 0.2) is 0 Å². The first-order chi connectivity index (χ1) is 5.26. The Morgan fingerprint density at radius 3 is 2.82 bits per heavy atom. The van der Waals surface area contributed by atoms with Crippen LogP contribution in [0.3, 0.4) is 0 Å². The molecule has 0 radical (unpaired) electrons. The summed E-state index contributed by atoms with van der Waals surface area (Å²) in [5, 5.41) is 16.7. The molecule has 4 heteroatoms.